The van der Waals surface area contributed by atoms with Crippen molar-refractivity contribution in [2.75, 3.05) is 18.9 Å². The molecule has 140 valence electrons. The highest BCUT2D eigenvalue weighted by Crippen LogP contribution is 2.18. The average Bonchev–Trinajstić information content (AvgIpc) is 2.98. The first-order valence-electron chi connectivity index (χ1n) is 8.70. The number of ether oxygens (including phenoxy) is 1. The first kappa shape index (κ1) is 18.5. The molecule has 0 radical (unpaired) electrons. The van der Waals surface area contributed by atoms with Gasteiger partial charge in [0.15, 0.2) is 11.5 Å². The summed E-state index contributed by atoms with van der Waals surface area (Å²) in [6.45, 7) is 2.69. The fourth-order valence-electron chi connectivity index (χ4n) is 2.57. The number of nitrogens with zero attached hydrogens (tertiary/aromatic N) is 3. The zero-order valence-corrected chi connectivity index (χ0v) is 15.0. The van der Waals surface area contributed by atoms with Gasteiger partial charge in [-0.25, -0.2) is 4.79 Å². The predicted molar refractivity (Wildman–Crippen MR) is 102 cm³/mol. The van der Waals surface area contributed by atoms with Gasteiger partial charge in [0, 0.05) is 5.56 Å². The quantitative estimate of drug-likeness (QED) is 0.446. The van der Waals surface area contributed by atoms with E-state index in [9.17, 15) is 4.79 Å². The molecule has 0 unspecified atom stereocenters. The minimum absolute atomic E-state index is 0.163. The van der Waals surface area contributed by atoms with Crippen LogP contribution in [0.2, 0.25) is 0 Å². The molecule has 8 nitrogen and oxygen atoms in total. The number of fused-ring (bicyclic) bond motifs is 1. The van der Waals surface area contributed by atoms with Gasteiger partial charge in [0.1, 0.15) is 12.1 Å². The predicted octanol–water partition coefficient (Wildman–Crippen LogP) is 1.27. The van der Waals surface area contributed by atoms with E-state index < -0.39 is 0 Å². The molecule has 0 amide bonds. The molecule has 0 aliphatic carbocycles. The van der Waals surface area contributed by atoms with Gasteiger partial charge in [-0.2, -0.15) is 9.97 Å². The lowest BCUT2D eigenvalue weighted by Crippen LogP contribution is -2.17. The molecular weight excluding hydrogens is 346 g/mol. The number of rotatable bonds is 6. The van der Waals surface area contributed by atoms with Crippen molar-refractivity contribution in [2.24, 2.45) is 0 Å². The number of aliphatic hydroxyl groups is 1. The molecule has 4 N–H and O–H groups in total. The number of hydrogen-bond donors (Lipinski definition) is 3. The molecular formula is C19H21N5O3. The van der Waals surface area contributed by atoms with Gasteiger partial charge in [0.25, 0.3) is 0 Å². The maximum absolute atomic E-state index is 12.4. The molecule has 27 heavy (non-hydrogen) atoms. The third-order valence-electron chi connectivity index (χ3n) is 3.97. The number of aliphatic hydroxyl groups excluding tert-OH is 1. The summed E-state index contributed by atoms with van der Waals surface area (Å²) in [5.41, 5.74) is 8.13. The van der Waals surface area contributed by atoms with Crippen molar-refractivity contribution in [3.05, 3.63) is 45.9 Å². The largest absolute Gasteiger partial charge is 0.463 e. The summed E-state index contributed by atoms with van der Waals surface area (Å²) in [7, 11) is 0. The lowest BCUT2D eigenvalue weighted by atomic mass is 10.1. The minimum atomic E-state index is -0.319. The van der Waals surface area contributed by atoms with Crippen LogP contribution in [0.15, 0.2) is 29.1 Å². The van der Waals surface area contributed by atoms with Gasteiger partial charge in [-0.3, -0.25) is 4.57 Å². The van der Waals surface area contributed by atoms with Crippen LogP contribution >= 0.6 is 0 Å². The number of aromatic nitrogens is 4. The number of imidazole rings is 1. The number of aromatic amines is 1. The number of H-pyrrole nitrogens is 1. The average molecular weight is 367 g/mol. The Kier molecular flexibility index (Phi) is 5.74. The van der Waals surface area contributed by atoms with Crippen molar-refractivity contribution in [3.63, 3.8) is 0 Å². The van der Waals surface area contributed by atoms with Crippen molar-refractivity contribution >= 4 is 17.0 Å². The number of nitrogens with two attached hydrogens (primary N) is 1. The van der Waals surface area contributed by atoms with Crippen molar-refractivity contribution in [1.82, 2.24) is 19.5 Å². The van der Waals surface area contributed by atoms with Crippen molar-refractivity contribution in [2.45, 2.75) is 26.3 Å². The lowest BCUT2D eigenvalue weighted by Gasteiger charge is -2.07. The second-order valence-corrected chi connectivity index (χ2v) is 5.97. The van der Waals surface area contributed by atoms with E-state index in [1.54, 1.807) is 0 Å². The number of hydrogen-bond acceptors (Lipinski definition) is 6. The van der Waals surface area contributed by atoms with E-state index in [1.165, 1.54) is 4.57 Å². The SMILES string of the molecule is CCCCOc1nc(N)c2[nH]c(=O)n(Cc3ccc(C#CCO)cc3)c2n1. The van der Waals surface area contributed by atoms with Crippen LogP contribution in [0.1, 0.15) is 30.9 Å². The van der Waals surface area contributed by atoms with E-state index >= 15 is 0 Å². The summed E-state index contributed by atoms with van der Waals surface area (Å²) in [6.07, 6.45) is 1.87. The summed E-state index contributed by atoms with van der Waals surface area (Å²) in [4.78, 5) is 23.5. The van der Waals surface area contributed by atoms with Gasteiger partial charge >= 0.3 is 11.7 Å². The van der Waals surface area contributed by atoms with Gasteiger partial charge in [-0.05, 0) is 24.1 Å². The summed E-state index contributed by atoms with van der Waals surface area (Å²) in [5.74, 6) is 5.61. The summed E-state index contributed by atoms with van der Waals surface area (Å²) in [5, 5.41) is 8.75. The van der Waals surface area contributed by atoms with E-state index in [0.29, 0.717) is 24.3 Å². The van der Waals surface area contributed by atoms with Crippen LogP contribution in [0.3, 0.4) is 0 Å². The number of benzene rings is 1. The molecule has 1 aromatic carbocycles. The number of nitrogens with one attached hydrogen (secondary N) is 1. The Labute approximate surface area is 156 Å². The van der Waals surface area contributed by atoms with Crippen LogP contribution in [0, 0.1) is 11.8 Å². The normalized spacial score (nSPS) is 10.6. The molecule has 0 bridgehead atoms. The Balaban J connectivity index is 1.91. The van der Waals surface area contributed by atoms with Gasteiger partial charge in [-0.15, -0.1) is 0 Å². The highest BCUT2D eigenvalue weighted by molar-refractivity contribution is 5.81. The standard InChI is InChI=1S/C19H21N5O3/c1-2-3-11-27-18-22-16(20)15-17(23-18)24(19(26)21-15)12-14-8-6-13(7-9-14)5-4-10-25/h6-9,25H,2-3,10-12H2,1H3,(H,21,26)(H2,20,22,23). The topological polar surface area (TPSA) is 119 Å². The van der Waals surface area contributed by atoms with Gasteiger partial charge in [0.05, 0.1) is 13.2 Å². The first-order chi connectivity index (χ1) is 13.1. The lowest BCUT2D eigenvalue weighted by molar-refractivity contribution is 0.286. The summed E-state index contributed by atoms with van der Waals surface area (Å²) in [6, 6.07) is 7.57. The molecule has 2 aromatic heterocycles. The minimum Gasteiger partial charge on any atom is -0.463 e. The molecule has 0 atom stereocenters. The zero-order chi connectivity index (χ0) is 19.2. The van der Waals surface area contributed by atoms with Gasteiger partial charge in [0.2, 0.25) is 0 Å². The summed E-state index contributed by atoms with van der Waals surface area (Å²) < 4.78 is 7.03. The second kappa shape index (κ2) is 8.38. The van der Waals surface area contributed by atoms with E-state index in [0.717, 1.165) is 24.0 Å². The first-order valence-corrected chi connectivity index (χ1v) is 8.70. The van der Waals surface area contributed by atoms with E-state index in [2.05, 4.69) is 33.7 Å². The van der Waals surface area contributed by atoms with Crippen LogP contribution in [-0.4, -0.2) is 37.8 Å². The molecule has 2 heterocycles. The van der Waals surface area contributed by atoms with Crippen LogP contribution in [0.25, 0.3) is 11.2 Å². The van der Waals surface area contributed by atoms with Crippen LogP contribution in [-0.2, 0) is 6.54 Å². The van der Waals surface area contributed by atoms with E-state index in [4.69, 9.17) is 15.6 Å². The molecule has 0 saturated carbocycles. The number of unbranched alkanes of at least 4 members (excludes halogenated alkanes) is 1. The maximum Gasteiger partial charge on any atom is 0.328 e. The van der Waals surface area contributed by atoms with Crippen LogP contribution in [0.4, 0.5) is 5.82 Å². The molecule has 0 fully saturated rings. The maximum atomic E-state index is 12.4. The highest BCUT2D eigenvalue weighted by atomic mass is 16.5. The summed E-state index contributed by atoms with van der Waals surface area (Å²) >= 11 is 0. The Morgan fingerprint density at radius 1 is 1.30 bits per heavy atom. The molecule has 0 aliphatic heterocycles. The molecule has 8 heteroatoms. The van der Waals surface area contributed by atoms with Crippen molar-refractivity contribution in [1.29, 1.82) is 0 Å². The van der Waals surface area contributed by atoms with Crippen LogP contribution in [0.5, 0.6) is 6.01 Å². The number of nitrogen functional groups attached to an aromatic ring is 1. The third kappa shape index (κ3) is 4.27. The second-order valence-electron chi connectivity index (χ2n) is 5.97. The molecule has 0 saturated heterocycles. The van der Waals surface area contributed by atoms with E-state index in [1.807, 2.05) is 24.3 Å². The smallest absolute Gasteiger partial charge is 0.328 e. The molecule has 3 rings (SSSR count). The zero-order valence-electron chi connectivity index (χ0n) is 15.0. The Bertz CT molecular complexity index is 1040. The Hall–Kier alpha value is -3.31. The van der Waals surface area contributed by atoms with Gasteiger partial charge < -0.3 is 20.6 Å². The van der Waals surface area contributed by atoms with Crippen molar-refractivity contribution in [3.8, 4) is 17.9 Å². The molecule has 3 aromatic rings. The monoisotopic (exact) mass is 367 g/mol. The fourth-order valence-corrected chi connectivity index (χ4v) is 2.57. The third-order valence-corrected chi connectivity index (χ3v) is 3.97. The van der Waals surface area contributed by atoms with Gasteiger partial charge in [-0.1, -0.05) is 37.3 Å². The fraction of sp³-hybridized carbons (Fsp3) is 0.316. The number of anilines is 1. The molecule has 0 spiro atoms. The highest BCUT2D eigenvalue weighted by Gasteiger charge is 2.14. The van der Waals surface area contributed by atoms with E-state index in [-0.39, 0.29) is 24.1 Å². The Morgan fingerprint density at radius 3 is 2.78 bits per heavy atom. The van der Waals surface area contributed by atoms with Crippen LogP contribution < -0.4 is 16.2 Å². The van der Waals surface area contributed by atoms with Crippen molar-refractivity contribution < 1.29 is 9.84 Å². The Morgan fingerprint density at radius 2 is 2.07 bits per heavy atom. The molecule has 0 aliphatic rings.